The maximum Gasteiger partial charge on any atom is 0.122 e. The van der Waals surface area contributed by atoms with E-state index < -0.39 is 0 Å². The van der Waals surface area contributed by atoms with Gasteiger partial charge in [0.2, 0.25) is 0 Å². The largest absolute Gasteiger partial charge is 0.507 e. The number of aliphatic hydroxyl groups is 1. The Bertz CT molecular complexity index is 375. The minimum atomic E-state index is 0.169. The van der Waals surface area contributed by atoms with Crippen molar-refractivity contribution in [3.8, 4) is 5.75 Å². The SMILES string of the molecule is Cc1cccc(CNCC(C)(C)CCCO)c1O. The molecule has 0 aliphatic rings. The second kappa shape index (κ2) is 6.76. The highest BCUT2D eigenvalue weighted by Crippen LogP contribution is 2.23. The first kappa shape index (κ1) is 15.0. The van der Waals surface area contributed by atoms with Gasteiger partial charge >= 0.3 is 0 Å². The number of aryl methyl sites for hydroxylation is 1. The van der Waals surface area contributed by atoms with Crippen molar-refractivity contribution in [1.29, 1.82) is 0 Å². The molecule has 0 aliphatic carbocycles. The van der Waals surface area contributed by atoms with Crippen LogP contribution >= 0.6 is 0 Å². The normalized spacial score (nSPS) is 11.8. The lowest BCUT2D eigenvalue weighted by atomic mass is 9.88. The van der Waals surface area contributed by atoms with Crippen LogP contribution in [0.1, 0.15) is 37.8 Å². The number of para-hydroxylation sites is 1. The van der Waals surface area contributed by atoms with Gasteiger partial charge in [0.25, 0.3) is 0 Å². The fourth-order valence-corrected chi connectivity index (χ4v) is 2.04. The molecule has 1 aromatic carbocycles. The van der Waals surface area contributed by atoms with Crippen LogP contribution in [0.4, 0.5) is 0 Å². The fourth-order valence-electron chi connectivity index (χ4n) is 2.04. The molecule has 0 saturated carbocycles. The van der Waals surface area contributed by atoms with Gasteiger partial charge in [0, 0.05) is 25.3 Å². The summed E-state index contributed by atoms with van der Waals surface area (Å²) in [5.41, 5.74) is 2.02. The molecule has 3 N–H and O–H groups in total. The van der Waals surface area contributed by atoms with Gasteiger partial charge in [0.05, 0.1) is 0 Å². The third-order valence-electron chi connectivity index (χ3n) is 3.25. The van der Waals surface area contributed by atoms with E-state index in [9.17, 15) is 5.11 Å². The maximum atomic E-state index is 9.90. The lowest BCUT2D eigenvalue weighted by molar-refractivity contribution is 0.236. The highest BCUT2D eigenvalue weighted by Gasteiger charge is 2.16. The molecule has 1 aromatic rings. The maximum absolute atomic E-state index is 9.90. The number of rotatable bonds is 7. The molecule has 102 valence electrons. The lowest BCUT2D eigenvalue weighted by Gasteiger charge is -2.25. The fraction of sp³-hybridized carbons (Fsp3) is 0.600. The zero-order valence-electron chi connectivity index (χ0n) is 11.7. The van der Waals surface area contributed by atoms with E-state index in [0.717, 1.165) is 30.5 Å². The molecule has 0 unspecified atom stereocenters. The average molecular weight is 251 g/mol. The van der Waals surface area contributed by atoms with E-state index in [1.54, 1.807) is 0 Å². The van der Waals surface area contributed by atoms with Gasteiger partial charge in [0.15, 0.2) is 0 Å². The number of phenolic OH excluding ortho intramolecular Hbond substituents is 1. The first-order chi connectivity index (χ1) is 8.46. The van der Waals surface area contributed by atoms with E-state index in [4.69, 9.17) is 5.11 Å². The predicted molar refractivity (Wildman–Crippen MR) is 74.7 cm³/mol. The summed E-state index contributed by atoms with van der Waals surface area (Å²) in [4.78, 5) is 0. The van der Waals surface area contributed by atoms with Crippen molar-refractivity contribution in [2.45, 2.75) is 40.2 Å². The Kier molecular flexibility index (Phi) is 5.63. The number of benzene rings is 1. The molecule has 0 heterocycles. The minimum absolute atomic E-state index is 0.169. The smallest absolute Gasteiger partial charge is 0.122 e. The quantitative estimate of drug-likeness (QED) is 0.698. The van der Waals surface area contributed by atoms with Crippen molar-refractivity contribution in [1.82, 2.24) is 5.32 Å². The van der Waals surface area contributed by atoms with Crippen molar-refractivity contribution in [3.05, 3.63) is 29.3 Å². The van der Waals surface area contributed by atoms with Crippen molar-refractivity contribution >= 4 is 0 Å². The van der Waals surface area contributed by atoms with Crippen molar-refractivity contribution in [2.75, 3.05) is 13.2 Å². The highest BCUT2D eigenvalue weighted by molar-refractivity contribution is 5.39. The van der Waals surface area contributed by atoms with Gasteiger partial charge in [-0.25, -0.2) is 0 Å². The summed E-state index contributed by atoms with van der Waals surface area (Å²) < 4.78 is 0. The Morgan fingerprint density at radius 3 is 2.67 bits per heavy atom. The third-order valence-corrected chi connectivity index (χ3v) is 3.25. The average Bonchev–Trinajstić information content (AvgIpc) is 2.32. The summed E-state index contributed by atoms with van der Waals surface area (Å²) in [6.07, 6.45) is 1.83. The van der Waals surface area contributed by atoms with Crippen molar-refractivity contribution in [2.24, 2.45) is 5.41 Å². The zero-order chi connectivity index (χ0) is 13.6. The molecule has 0 bridgehead atoms. The van der Waals surface area contributed by atoms with Crippen molar-refractivity contribution < 1.29 is 10.2 Å². The van der Waals surface area contributed by atoms with Gasteiger partial charge < -0.3 is 15.5 Å². The molecule has 0 aliphatic heterocycles. The van der Waals surface area contributed by atoms with E-state index >= 15 is 0 Å². The third kappa shape index (κ3) is 4.67. The molecule has 0 spiro atoms. The van der Waals surface area contributed by atoms with E-state index in [0.29, 0.717) is 12.3 Å². The Balaban J connectivity index is 2.44. The van der Waals surface area contributed by atoms with Gasteiger partial charge in [-0.3, -0.25) is 0 Å². The van der Waals surface area contributed by atoms with E-state index in [1.165, 1.54) is 0 Å². The van der Waals surface area contributed by atoms with Crippen LogP contribution in [0.5, 0.6) is 5.75 Å². The van der Waals surface area contributed by atoms with E-state index in [-0.39, 0.29) is 12.0 Å². The Hall–Kier alpha value is -1.06. The van der Waals surface area contributed by atoms with E-state index in [1.807, 2.05) is 25.1 Å². The van der Waals surface area contributed by atoms with Crippen LogP contribution in [-0.4, -0.2) is 23.4 Å². The summed E-state index contributed by atoms with van der Waals surface area (Å²) in [6.45, 7) is 8.08. The molecule has 0 atom stereocenters. The Morgan fingerprint density at radius 2 is 2.00 bits per heavy atom. The first-order valence-electron chi connectivity index (χ1n) is 6.55. The van der Waals surface area contributed by atoms with Gasteiger partial charge in [0.1, 0.15) is 5.75 Å². The zero-order valence-corrected chi connectivity index (χ0v) is 11.7. The number of hydrogen-bond donors (Lipinski definition) is 3. The second-order valence-corrected chi connectivity index (χ2v) is 5.68. The summed E-state index contributed by atoms with van der Waals surface area (Å²) in [7, 11) is 0. The summed E-state index contributed by atoms with van der Waals surface area (Å²) >= 11 is 0. The molecule has 0 aromatic heterocycles. The number of nitrogens with one attached hydrogen (secondary N) is 1. The van der Waals surface area contributed by atoms with Crippen LogP contribution in [0.25, 0.3) is 0 Å². The number of phenols is 1. The summed E-state index contributed by atoms with van der Waals surface area (Å²) in [5, 5.41) is 22.1. The number of aromatic hydroxyl groups is 1. The molecule has 1 rings (SSSR count). The van der Waals surface area contributed by atoms with E-state index in [2.05, 4.69) is 19.2 Å². The monoisotopic (exact) mass is 251 g/mol. The molecule has 0 radical (unpaired) electrons. The minimum Gasteiger partial charge on any atom is -0.507 e. The number of aliphatic hydroxyl groups excluding tert-OH is 1. The Labute approximate surface area is 110 Å². The van der Waals surface area contributed by atoms with Crippen LogP contribution in [0.15, 0.2) is 18.2 Å². The molecule has 18 heavy (non-hydrogen) atoms. The topological polar surface area (TPSA) is 52.5 Å². The van der Waals surface area contributed by atoms with Crippen LogP contribution in [0.3, 0.4) is 0 Å². The number of hydrogen-bond acceptors (Lipinski definition) is 3. The van der Waals surface area contributed by atoms with Gasteiger partial charge in [-0.2, -0.15) is 0 Å². The van der Waals surface area contributed by atoms with Crippen molar-refractivity contribution in [3.63, 3.8) is 0 Å². The lowest BCUT2D eigenvalue weighted by Crippen LogP contribution is -2.29. The molecular weight excluding hydrogens is 226 g/mol. The second-order valence-electron chi connectivity index (χ2n) is 5.68. The summed E-state index contributed by atoms with van der Waals surface area (Å²) in [6, 6.07) is 5.81. The van der Waals surface area contributed by atoms with Gasteiger partial charge in [-0.05, 0) is 30.7 Å². The molecular formula is C15H25NO2. The van der Waals surface area contributed by atoms with Crippen LogP contribution in [0.2, 0.25) is 0 Å². The Morgan fingerprint density at radius 1 is 1.28 bits per heavy atom. The van der Waals surface area contributed by atoms with Crippen LogP contribution in [-0.2, 0) is 6.54 Å². The van der Waals surface area contributed by atoms with Gasteiger partial charge in [-0.1, -0.05) is 32.0 Å². The molecule has 3 nitrogen and oxygen atoms in total. The van der Waals surface area contributed by atoms with Crippen LogP contribution < -0.4 is 5.32 Å². The summed E-state index contributed by atoms with van der Waals surface area (Å²) in [5.74, 6) is 0.387. The molecule has 0 fully saturated rings. The van der Waals surface area contributed by atoms with Crippen LogP contribution in [0, 0.1) is 12.3 Å². The molecule has 0 saturated heterocycles. The molecule has 3 heteroatoms. The highest BCUT2D eigenvalue weighted by atomic mass is 16.3. The standard InChI is InChI=1S/C15H25NO2/c1-12-6-4-7-13(14(12)18)10-16-11-15(2,3)8-5-9-17/h4,6-7,16-18H,5,8-11H2,1-3H3. The van der Waals surface area contributed by atoms with Gasteiger partial charge in [-0.15, -0.1) is 0 Å². The molecule has 0 amide bonds. The first-order valence-corrected chi connectivity index (χ1v) is 6.55. The predicted octanol–water partition coefficient (Wildman–Crippen LogP) is 2.59.